The summed E-state index contributed by atoms with van der Waals surface area (Å²) < 4.78 is 10.6. The number of hydrogen-bond acceptors (Lipinski definition) is 4. The van der Waals surface area contributed by atoms with Gasteiger partial charge in [0.2, 0.25) is 5.91 Å². The summed E-state index contributed by atoms with van der Waals surface area (Å²) in [4.78, 5) is 11.9. The summed E-state index contributed by atoms with van der Waals surface area (Å²) in [6, 6.07) is 13.6. The zero-order valence-electron chi connectivity index (χ0n) is 15.6. The molecule has 0 fully saturated rings. The van der Waals surface area contributed by atoms with Gasteiger partial charge in [0.1, 0.15) is 11.5 Å². The summed E-state index contributed by atoms with van der Waals surface area (Å²) in [5, 5.41) is 4.00. The lowest BCUT2D eigenvalue weighted by molar-refractivity contribution is -0.121. The topological polar surface area (TPSA) is 59.9 Å². The molecule has 1 N–H and O–H groups in total. The molecule has 5 nitrogen and oxygen atoms in total. The molecular weight excluding hydrogens is 328 g/mol. The van der Waals surface area contributed by atoms with Gasteiger partial charge in [0.05, 0.1) is 19.9 Å². The van der Waals surface area contributed by atoms with E-state index in [0.717, 1.165) is 29.9 Å². The molecule has 0 aliphatic carbocycles. The Labute approximate surface area is 155 Å². The van der Waals surface area contributed by atoms with Crippen LogP contribution in [0, 0.1) is 6.92 Å². The molecule has 2 aromatic carbocycles. The third-order valence-electron chi connectivity index (χ3n) is 3.99. The van der Waals surface area contributed by atoms with Gasteiger partial charge in [-0.1, -0.05) is 6.07 Å². The van der Waals surface area contributed by atoms with Gasteiger partial charge in [0.25, 0.3) is 0 Å². The maximum absolute atomic E-state index is 11.9. The van der Waals surface area contributed by atoms with Crippen molar-refractivity contribution in [1.29, 1.82) is 0 Å². The van der Waals surface area contributed by atoms with Crippen LogP contribution >= 0.6 is 0 Å². The van der Waals surface area contributed by atoms with E-state index >= 15 is 0 Å². The highest BCUT2D eigenvalue weighted by molar-refractivity contribution is 5.82. The highest BCUT2D eigenvalue weighted by Crippen LogP contribution is 2.18. The Morgan fingerprint density at radius 3 is 2.54 bits per heavy atom. The van der Waals surface area contributed by atoms with Crippen molar-refractivity contribution in [2.24, 2.45) is 5.10 Å². The minimum absolute atomic E-state index is 0.0849. The van der Waals surface area contributed by atoms with E-state index in [0.29, 0.717) is 13.0 Å². The minimum Gasteiger partial charge on any atom is -0.497 e. The molecular formula is C21H26N2O3. The lowest BCUT2D eigenvalue weighted by atomic mass is 10.0. The highest BCUT2D eigenvalue weighted by Gasteiger charge is 2.04. The monoisotopic (exact) mass is 354 g/mol. The maximum atomic E-state index is 11.9. The van der Waals surface area contributed by atoms with Gasteiger partial charge < -0.3 is 9.47 Å². The summed E-state index contributed by atoms with van der Waals surface area (Å²) >= 11 is 0. The van der Waals surface area contributed by atoms with Crippen molar-refractivity contribution in [2.45, 2.75) is 33.1 Å². The second-order valence-electron chi connectivity index (χ2n) is 5.94. The third kappa shape index (κ3) is 6.24. The lowest BCUT2D eigenvalue weighted by Crippen LogP contribution is -2.17. The Morgan fingerprint density at radius 2 is 1.88 bits per heavy atom. The van der Waals surface area contributed by atoms with E-state index in [1.54, 1.807) is 13.3 Å². The third-order valence-corrected chi connectivity index (χ3v) is 3.99. The average molecular weight is 354 g/mol. The average Bonchev–Trinajstić information content (AvgIpc) is 2.64. The van der Waals surface area contributed by atoms with Crippen molar-refractivity contribution in [2.75, 3.05) is 13.7 Å². The van der Waals surface area contributed by atoms with Gasteiger partial charge in [0, 0.05) is 6.42 Å². The van der Waals surface area contributed by atoms with Crippen LogP contribution in [0.5, 0.6) is 11.5 Å². The molecule has 0 saturated heterocycles. The van der Waals surface area contributed by atoms with Crippen LogP contribution < -0.4 is 14.9 Å². The summed E-state index contributed by atoms with van der Waals surface area (Å²) in [6.45, 7) is 4.64. The Balaban J connectivity index is 1.73. The molecule has 0 spiro atoms. The molecule has 0 atom stereocenters. The first kappa shape index (κ1) is 19.5. The predicted octanol–water partition coefficient (Wildman–Crippen LogP) is 3.88. The van der Waals surface area contributed by atoms with E-state index in [1.807, 2.05) is 43.3 Å². The first-order valence-corrected chi connectivity index (χ1v) is 8.80. The van der Waals surface area contributed by atoms with E-state index in [2.05, 4.69) is 23.5 Å². The van der Waals surface area contributed by atoms with Gasteiger partial charge in [-0.05, 0) is 79.8 Å². The van der Waals surface area contributed by atoms with Crippen LogP contribution in [0.3, 0.4) is 0 Å². The Morgan fingerprint density at radius 1 is 1.15 bits per heavy atom. The fourth-order valence-electron chi connectivity index (χ4n) is 2.57. The summed E-state index contributed by atoms with van der Waals surface area (Å²) in [6.07, 6.45) is 3.69. The molecule has 2 rings (SSSR count). The van der Waals surface area contributed by atoms with Crippen molar-refractivity contribution in [3.05, 3.63) is 59.2 Å². The maximum Gasteiger partial charge on any atom is 0.240 e. The number of hydrazone groups is 1. The van der Waals surface area contributed by atoms with E-state index in [4.69, 9.17) is 9.47 Å². The minimum atomic E-state index is -0.0849. The van der Waals surface area contributed by atoms with E-state index in [-0.39, 0.29) is 5.91 Å². The molecule has 138 valence electrons. The van der Waals surface area contributed by atoms with Gasteiger partial charge in [-0.2, -0.15) is 5.10 Å². The number of carbonyl (C=O) groups is 1. The van der Waals surface area contributed by atoms with E-state index in [9.17, 15) is 4.79 Å². The van der Waals surface area contributed by atoms with Gasteiger partial charge in [-0.3, -0.25) is 4.79 Å². The fourth-order valence-corrected chi connectivity index (χ4v) is 2.57. The molecule has 2 aromatic rings. The number of carbonyl (C=O) groups excluding carboxylic acids is 1. The predicted molar refractivity (Wildman–Crippen MR) is 104 cm³/mol. The summed E-state index contributed by atoms with van der Waals surface area (Å²) in [7, 11) is 1.66. The van der Waals surface area contributed by atoms with Gasteiger partial charge in [-0.15, -0.1) is 0 Å². The van der Waals surface area contributed by atoms with Crippen LogP contribution in [0.2, 0.25) is 0 Å². The van der Waals surface area contributed by atoms with Crippen molar-refractivity contribution >= 4 is 12.1 Å². The van der Waals surface area contributed by atoms with Crippen molar-refractivity contribution in [1.82, 2.24) is 5.43 Å². The van der Waals surface area contributed by atoms with Crippen LogP contribution in [0.15, 0.2) is 47.6 Å². The molecule has 26 heavy (non-hydrogen) atoms. The van der Waals surface area contributed by atoms with Gasteiger partial charge in [-0.25, -0.2) is 5.43 Å². The molecule has 0 heterocycles. The van der Waals surface area contributed by atoms with Crippen molar-refractivity contribution in [3.63, 3.8) is 0 Å². The fraction of sp³-hybridized carbons (Fsp3) is 0.333. The molecule has 0 aromatic heterocycles. The number of methoxy groups -OCH3 is 1. The van der Waals surface area contributed by atoms with E-state index in [1.165, 1.54) is 11.1 Å². The largest absolute Gasteiger partial charge is 0.497 e. The van der Waals surface area contributed by atoms with Crippen molar-refractivity contribution in [3.8, 4) is 11.5 Å². The standard InChI is InChI=1S/C21H26N2O3/c1-4-26-19-11-8-17(9-12-19)15-22-23-21(24)7-5-6-18-10-13-20(25-3)14-16(18)2/h8-15H,4-7H2,1-3H3,(H,23,24)/b22-15+. The highest BCUT2D eigenvalue weighted by atomic mass is 16.5. The zero-order valence-corrected chi connectivity index (χ0v) is 15.6. The quantitative estimate of drug-likeness (QED) is 0.549. The van der Waals surface area contributed by atoms with Crippen LogP contribution in [0.25, 0.3) is 0 Å². The number of nitrogens with zero attached hydrogens (tertiary/aromatic N) is 1. The molecule has 0 saturated carbocycles. The molecule has 0 bridgehead atoms. The molecule has 5 heteroatoms. The summed E-state index contributed by atoms with van der Waals surface area (Å²) in [5.41, 5.74) is 5.89. The van der Waals surface area contributed by atoms with Crippen molar-refractivity contribution < 1.29 is 14.3 Å². The number of ether oxygens (including phenoxy) is 2. The van der Waals surface area contributed by atoms with Crippen LogP contribution in [0.4, 0.5) is 0 Å². The zero-order chi connectivity index (χ0) is 18.8. The van der Waals surface area contributed by atoms with Crippen LogP contribution in [-0.2, 0) is 11.2 Å². The van der Waals surface area contributed by atoms with Crippen LogP contribution in [0.1, 0.15) is 36.5 Å². The van der Waals surface area contributed by atoms with Gasteiger partial charge >= 0.3 is 0 Å². The normalized spacial score (nSPS) is 10.7. The summed E-state index contributed by atoms with van der Waals surface area (Å²) in [5.74, 6) is 1.59. The smallest absolute Gasteiger partial charge is 0.240 e. The van der Waals surface area contributed by atoms with E-state index < -0.39 is 0 Å². The molecule has 0 radical (unpaired) electrons. The SMILES string of the molecule is CCOc1ccc(/C=N/NC(=O)CCCc2ccc(OC)cc2C)cc1. The molecule has 0 unspecified atom stereocenters. The lowest BCUT2D eigenvalue weighted by Gasteiger charge is -2.07. The first-order valence-electron chi connectivity index (χ1n) is 8.80. The number of hydrogen-bond donors (Lipinski definition) is 1. The Hall–Kier alpha value is -2.82. The van der Waals surface area contributed by atoms with Gasteiger partial charge in [0.15, 0.2) is 0 Å². The first-order chi connectivity index (χ1) is 12.6. The number of rotatable bonds is 9. The molecule has 0 aliphatic heterocycles. The molecule has 0 aliphatic rings. The second kappa shape index (κ2) is 10.2. The Bertz CT molecular complexity index is 739. The number of benzene rings is 2. The number of aryl methyl sites for hydroxylation is 2. The Kier molecular flexibility index (Phi) is 7.68. The molecule has 1 amide bonds. The number of amides is 1. The van der Waals surface area contributed by atoms with Crippen LogP contribution in [-0.4, -0.2) is 25.8 Å². The number of nitrogens with one attached hydrogen (secondary N) is 1. The second-order valence-corrected chi connectivity index (χ2v) is 5.94.